The number of likely N-dealkylation sites (tertiary alicyclic amines) is 1. The molecule has 1 aliphatic heterocycles. The van der Waals surface area contributed by atoms with Crippen molar-refractivity contribution >= 4 is 17.4 Å². The van der Waals surface area contributed by atoms with Gasteiger partial charge in [0, 0.05) is 18.8 Å². The van der Waals surface area contributed by atoms with Gasteiger partial charge in [-0.2, -0.15) is 5.10 Å². The van der Waals surface area contributed by atoms with Crippen LogP contribution in [0.25, 0.3) is 5.82 Å². The lowest BCUT2D eigenvalue weighted by atomic mass is 9.93. The summed E-state index contributed by atoms with van der Waals surface area (Å²) in [5, 5.41) is 16.3. The van der Waals surface area contributed by atoms with Crippen LogP contribution in [0.2, 0.25) is 5.02 Å². The van der Waals surface area contributed by atoms with Crippen LogP contribution in [0.5, 0.6) is 0 Å². The Morgan fingerprint density at radius 2 is 2.07 bits per heavy atom. The van der Waals surface area contributed by atoms with Gasteiger partial charge in [0.05, 0.1) is 10.7 Å². The number of benzene rings is 1. The molecular formula is C20H22ClFN6. The van der Waals surface area contributed by atoms with Gasteiger partial charge in [0.25, 0.3) is 0 Å². The lowest BCUT2D eigenvalue weighted by Crippen LogP contribution is -2.25. The predicted molar refractivity (Wildman–Crippen MR) is 107 cm³/mol. The maximum Gasteiger partial charge on any atom is 0.175 e. The third kappa shape index (κ3) is 3.86. The molecule has 0 bridgehead atoms. The van der Waals surface area contributed by atoms with E-state index in [4.69, 9.17) is 11.6 Å². The van der Waals surface area contributed by atoms with Crippen LogP contribution in [0.4, 0.5) is 10.2 Å². The zero-order valence-electron chi connectivity index (χ0n) is 15.8. The van der Waals surface area contributed by atoms with E-state index < -0.39 is 0 Å². The molecule has 3 heterocycles. The van der Waals surface area contributed by atoms with E-state index >= 15 is 0 Å². The Hall–Kier alpha value is -2.51. The lowest BCUT2D eigenvalue weighted by Gasteiger charge is -2.26. The molecule has 1 N–H and O–H groups in total. The van der Waals surface area contributed by atoms with Crippen molar-refractivity contribution in [2.75, 3.05) is 25.5 Å². The van der Waals surface area contributed by atoms with Crippen LogP contribution in [0.3, 0.4) is 0 Å². The molecule has 3 aromatic rings. The average Bonchev–Trinajstić information content (AvgIpc) is 3.28. The molecule has 2 unspecified atom stereocenters. The second kappa shape index (κ2) is 7.85. The molecule has 8 heteroatoms. The highest BCUT2D eigenvalue weighted by atomic mass is 35.5. The molecule has 1 aromatic carbocycles. The number of aromatic nitrogens is 4. The number of hydrogen-bond donors (Lipinski definition) is 1. The number of nitrogens with one attached hydrogen (secondary N) is 1. The molecule has 1 fully saturated rings. The molecule has 4 rings (SSSR count). The van der Waals surface area contributed by atoms with E-state index in [9.17, 15) is 4.39 Å². The van der Waals surface area contributed by atoms with E-state index in [-0.39, 0.29) is 16.9 Å². The molecule has 0 radical (unpaired) electrons. The molecule has 1 saturated heterocycles. The molecule has 0 saturated carbocycles. The third-order valence-corrected chi connectivity index (χ3v) is 5.52. The molecular weight excluding hydrogens is 379 g/mol. The fraction of sp³-hybridized carbons (Fsp3) is 0.350. The second-order valence-electron chi connectivity index (χ2n) is 7.21. The third-order valence-electron chi connectivity index (χ3n) is 5.21. The minimum Gasteiger partial charge on any atom is -0.368 e. The average molecular weight is 401 g/mol. The summed E-state index contributed by atoms with van der Waals surface area (Å²) < 4.78 is 15.6. The fourth-order valence-electron chi connectivity index (χ4n) is 3.78. The summed E-state index contributed by atoms with van der Waals surface area (Å²) in [6.45, 7) is 3.63. The maximum absolute atomic E-state index is 13.9. The van der Waals surface area contributed by atoms with Crippen LogP contribution in [-0.2, 0) is 0 Å². The van der Waals surface area contributed by atoms with Crippen molar-refractivity contribution in [3.05, 3.63) is 64.7 Å². The first kappa shape index (κ1) is 18.8. The number of hydrogen-bond acceptors (Lipinski definition) is 5. The van der Waals surface area contributed by atoms with Gasteiger partial charge < -0.3 is 5.32 Å². The summed E-state index contributed by atoms with van der Waals surface area (Å²) in [5.74, 6) is 1.35. The summed E-state index contributed by atoms with van der Waals surface area (Å²) >= 11 is 5.84. The van der Waals surface area contributed by atoms with E-state index in [1.54, 1.807) is 16.8 Å². The Labute approximate surface area is 168 Å². The minimum atomic E-state index is -0.374. The van der Waals surface area contributed by atoms with Crippen LogP contribution in [0.15, 0.2) is 42.6 Å². The SMILES string of the molecule is Cc1ccn(-c2ccc(NCC3CCN(C)C3c3ccc(Cl)c(F)c3)nn2)n1. The van der Waals surface area contributed by atoms with Gasteiger partial charge in [-0.15, -0.1) is 10.2 Å². The maximum atomic E-state index is 13.9. The first-order chi connectivity index (χ1) is 13.5. The van der Waals surface area contributed by atoms with Gasteiger partial charge >= 0.3 is 0 Å². The van der Waals surface area contributed by atoms with Gasteiger partial charge in [-0.25, -0.2) is 9.07 Å². The predicted octanol–water partition coefficient (Wildman–Crippen LogP) is 3.87. The molecule has 0 aliphatic carbocycles. The normalized spacial score (nSPS) is 19.9. The Bertz CT molecular complexity index is 958. The van der Waals surface area contributed by atoms with Crippen molar-refractivity contribution in [3.63, 3.8) is 0 Å². The zero-order chi connectivity index (χ0) is 19.7. The van der Waals surface area contributed by atoms with Gasteiger partial charge in [-0.05, 0) is 68.8 Å². The Morgan fingerprint density at radius 3 is 2.75 bits per heavy atom. The van der Waals surface area contributed by atoms with Crippen LogP contribution >= 0.6 is 11.6 Å². The van der Waals surface area contributed by atoms with Crippen molar-refractivity contribution < 1.29 is 4.39 Å². The van der Waals surface area contributed by atoms with Crippen molar-refractivity contribution in [3.8, 4) is 5.82 Å². The highest BCUT2D eigenvalue weighted by molar-refractivity contribution is 6.30. The van der Waals surface area contributed by atoms with E-state index in [2.05, 4.69) is 32.6 Å². The van der Waals surface area contributed by atoms with Crippen LogP contribution in [0.1, 0.15) is 23.7 Å². The highest BCUT2D eigenvalue weighted by Crippen LogP contribution is 2.37. The molecule has 6 nitrogen and oxygen atoms in total. The van der Waals surface area contributed by atoms with Crippen molar-refractivity contribution in [2.45, 2.75) is 19.4 Å². The smallest absolute Gasteiger partial charge is 0.175 e. The molecule has 0 spiro atoms. The largest absolute Gasteiger partial charge is 0.368 e. The summed E-state index contributed by atoms with van der Waals surface area (Å²) in [4.78, 5) is 2.25. The van der Waals surface area contributed by atoms with Crippen LogP contribution in [0, 0.1) is 18.7 Å². The molecule has 2 aromatic heterocycles. The summed E-state index contributed by atoms with van der Waals surface area (Å²) in [7, 11) is 2.07. The molecule has 0 amide bonds. The van der Waals surface area contributed by atoms with E-state index in [0.29, 0.717) is 17.6 Å². The molecule has 28 heavy (non-hydrogen) atoms. The van der Waals surface area contributed by atoms with Gasteiger partial charge in [-0.1, -0.05) is 17.7 Å². The van der Waals surface area contributed by atoms with Gasteiger partial charge in [0.2, 0.25) is 0 Å². The number of rotatable bonds is 5. The van der Waals surface area contributed by atoms with E-state index in [0.717, 1.165) is 30.8 Å². The summed E-state index contributed by atoms with van der Waals surface area (Å²) in [6.07, 6.45) is 2.88. The fourth-order valence-corrected chi connectivity index (χ4v) is 3.90. The topological polar surface area (TPSA) is 58.9 Å². The minimum absolute atomic E-state index is 0.138. The number of aryl methyl sites for hydroxylation is 1. The molecule has 1 aliphatic rings. The van der Waals surface area contributed by atoms with Crippen molar-refractivity contribution in [1.29, 1.82) is 0 Å². The summed E-state index contributed by atoms with van der Waals surface area (Å²) in [6, 6.07) is 10.9. The number of anilines is 1. The molecule has 146 valence electrons. The van der Waals surface area contributed by atoms with Gasteiger partial charge in [-0.3, -0.25) is 4.90 Å². The van der Waals surface area contributed by atoms with Gasteiger partial charge in [0.15, 0.2) is 5.82 Å². The molecule has 2 atom stereocenters. The van der Waals surface area contributed by atoms with E-state index in [1.165, 1.54) is 0 Å². The summed E-state index contributed by atoms with van der Waals surface area (Å²) in [5.41, 5.74) is 1.88. The highest BCUT2D eigenvalue weighted by Gasteiger charge is 2.33. The van der Waals surface area contributed by atoms with Crippen molar-refractivity contribution in [1.82, 2.24) is 24.9 Å². The van der Waals surface area contributed by atoms with Crippen LogP contribution in [-0.4, -0.2) is 45.0 Å². The number of nitrogens with zero attached hydrogens (tertiary/aromatic N) is 5. The van der Waals surface area contributed by atoms with Crippen LogP contribution < -0.4 is 5.32 Å². The lowest BCUT2D eigenvalue weighted by molar-refractivity contribution is 0.281. The van der Waals surface area contributed by atoms with Crippen molar-refractivity contribution in [2.24, 2.45) is 5.92 Å². The number of halogens is 2. The quantitative estimate of drug-likeness (QED) is 0.704. The first-order valence-electron chi connectivity index (χ1n) is 9.27. The first-order valence-corrected chi connectivity index (χ1v) is 9.64. The van der Waals surface area contributed by atoms with Gasteiger partial charge in [0.1, 0.15) is 11.6 Å². The Morgan fingerprint density at radius 1 is 1.21 bits per heavy atom. The standard InChI is InChI=1S/C20H22ClFN6/c1-13-7-10-28(26-13)19-6-5-18(24-25-19)23-12-15-8-9-27(2)20(15)14-3-4-16(21)17(22)11-14/h3-7,10-11,15,20H,8-9,12H2,1-2H3,(H,23,24). The Balaban J connectivity index is 1.44. The zero-order valence-corrected chi connectivity index (χ0v) is 16.6. The second-order valence-corrected chi connectivity index (χ2v) is 7.61. The monoisotopic (exact) mass is 400 g/mol. The Kier molecular flexibility index (Phi) is 5.28. The van der Waals surface area contributed by atoms with E-state index in [1.807, 2.05) is 37.4 Å².